The highest BCUT2D eigenvalue weighted by atomic mass is 32.1. The van der Waals surface area contributed by atoms with Gasteiger partial charge in [0.1, 0.15) is 0 Å². The molecule has 4 rings (SSSR count). The van der Waals surface area contributed by atoms with E-state index >= 15 is 0 Å². The summed E-state index contributed by atoms with van der Waals surface area (Å²) >= 11 is 1.62. The van der Waals surface area contributed by atoms with Crippen molar-refractivity contribution in [1.29, 1.82) is 0 Å². The molecule has 1 N–H and O–H groups in total. The predicted octanol–water partition coefficient (Wildman–Crippen LogP) is 3.42. The largest absolute Gasteiger partial charge is 0.342 e. The van der Waals surface area contributed by atoms with Crippen molar-refractivity contribution < 1.29 is 14.4 Å². The van der Waals surface area contributed by atoms with Crippen LogP contribution in [0.1, 0.15) is 43.7 Å². The molecule has 0 bridgehead atoms. The molecule has 4 amide bonds. The number of urea groups is 1. The lowest BCUT2D eigenvalue weighted by atomic mass is 9.75. The van der Waals surface area contributed by atoms with Gasteiger partial charge in [0.2, 0.25) is 5.91 Å². The summed E-state index contributed by atoms with van der Waals surface area (Å²) in [5, 5.41) is 5.03. The fourth-order valence-corrected chi connectivity index (χ4v) is 5.45. The Kier molecular flexibility index (Phi) is 6.60. The van der Waals surface area contributed by atoms with Crippen molar-refractivity contribution in [2.45, 2.75) is 45.1 Å². The zero-order valence-corrected chi connectivity index (χ0v) is 19.4. The minimum absolute atomic E-state index is 0.00291. The molecule has 2 aromatic heterocycles. The van der Waals surface area contributed by atoms with Crippen molar-refractivity contribution in [2.24, 2.45) is 11.8 Å². The molecule has 2 saturated heterocycles. The summed E-state index contributed by atoms with van der Waals surface area (Å²) in [6.07, 6.45) is 4.39. The van der Waals surface area contributed by atoms with Crippen molar-refractivity contribution in [3.8, 4) is 0 Å². The Hall–Kier alpha value is -2.74. The number of aromatic nitrogens is 1. The van der Waals surface area contributed by atoms with Crippen LogP contribution in [-0.2, 0) is 21.5 Å². The lowest BCUT2D eigenvalue weighted by molar-refractivity contribution is -0.138. The first-order valence-corrected chi connectivity index (χ1v) is 12.2. The van der Waals surface area contributed by atoms with Crippen molar-refractivity contribution in [3.05, 3.63) is 52.5 Å². The topological polar surface area (TPSA) is 82.6 Å². The van der Waals surface area contributed by atoms with Crippen LogP contribution in [0.5, 0.6) is 0 Å². The molecule has 0 radical (unpaired) electrons. The second-order valence-corrected chi connectivity index (χ2v) is 9.68. The van der Waals surface area contributed by atoms with Crippen molar-refractivity contribution in [2.75, 3.05) is 19.6 Å². The summed E-state index contributed by atoms with van der Waals surface area (Å²) in [6, 6.07) is 9.09. The molecule has 0 saturated carbocycles. The molecule has 0 aromatic carbocycles. The fourth-order valence-electron chi connectivity index (χ4n) is 4.75. The number of nitrogens with zero attached hydrogens (tertiary/aromatic N) is 3. The number of thiophene rings is 1. The Labute approximate surface area is 192 Å². The average molecular weight is 455 g/mol. The summed E-state index contributed by atoms with van der Waals surface area (Å²) in [4.78, 5) is 48.3. The van der Waals surface area contributed by atoms with E-state index in [2.05, 4.69) is 10.3 Å². The molecule has 170 valence electrons. The van der Waals surface area contributed by atoms with E-state index in [1.54, 1.807) is 23.6 Å². The summed E-state index contributed by atoms with van der Waals surface area (Å²) in [7, 11) is 0. The number of likely N-dealkylation sites (tertiary alicyclic amines) is 1. The minimum atomic E-state index is -1.18. The van der Waals surface area contributed by atoms with Gasteiger partial charge in [-0.3, -0.25) is 19.5 Å². The van der Waals surface area contributed by atoms with Gasteiger partial charge in [0.15, 0.2) is 5.54 Å². The van der Waals surface area contributed by atoms with Gasteiger partial charge in [0, 0.05) is 42.5 Å². The Bertz CT molecular complexity index is 957. The molecular weight excluding hydrogens is 424 g/mol. The maximum Gasteiger partial charge on any atom is 0.325 e. The molecule has 8 heteroatoms. The number of hydrogen-bond donors (Lipinski definition) is 1. The minimum Gasteiger partial charge on any atom is -0.342 e. The highest BCUT2D eigenvalue weighted by Crippen LogP contribution is 2.41. The smallest absolute Gasteiger partial charge is 0.325 e. The molecule has 0 aliphatic carbocycles. The van der Waals surface area contributed by atoms with Gasteiger partial charge in [-0.05, 0) is 49.3 Å². The van der Waals surface area contributed by atoms with Crippen LogP contribution in [0.4, 0.5) is 4.79 Å². The molecule has 32 heavy (non-hydrogen) atoms. The number of amides is 4. The Morgan fingerprint density at radius 1 is 1.25 bits per heavy atom. The average Bonchev–Trinajstić information content (AvgIpc) is 3.44. The number of piperidine rings is 1. The summed E-state index contributed by atoms with van der Waals surface area (Å²) in [5.74, 6) is -0.194. The number of nitrogens with one attached hydrogen (secondary N) is 1. The van der Waals surface area contributed by atoms with Crippen LogP contribution in [-0.4, -0.2) is 52.3 Å². The lowest BCUT2D eigenvalue weighted by Gasteiger charge is -2.41. The van der Waals surface area contributed by atoms with Gasteiger partial charge in [0.25, 0.3) is 5.91 Å². The molecule has 0 spiro atoms. The molecule has 2 fully saturated rings. The van der Waals surface area contributed by atoms with Crippen LogP contribution in [0.25, 0.3) is 0 Å². The van der Waals surface area contributed by atoms with E-state index in [9.17, 15) is 14.4 Å². The highest BCUT2D eigenvalue weighted by molar-refractivity contribution is 7.09. The molecule has 2 aliphatic heterocycles. The Balaban J connectivity index is 1.57. The number of pyridine rings is 1. The van der Waals surface area contributed by atoms with Gasteiger partial charge in [-0.25, -0.2) is 4.79 Å². The number of carbonyl (C=O) groups is 3. The van der Waals surface area contributed by atoms with E-state index in [0.717, 1.165) is 11.3 Å². The monoisotopic (exact) mass is 454 g/mol. The molecular formula is C24H30N4O3S. The number of hydrogen-bond acceptors (Lipinski definition) is 5. The third-order valence-electron chi connectivity index (χ3n) is 6.82. The normalized spacial score (nSPS) is 22.8. The third-order valence-corrected chi connectivity index (χ3v) is 7.75. The SMILES string of the molecule is CC[C@H](C)C(=O)N1CCC([C@@]2(c3ccccn3)NC(=O)N(CCc3cccs3)C2=O)CC1. The Morgan fingerprint density at radius 3 is 2.66 bits per heavy atom. The van der Waals surface area contributed by atoms with Gasteiger partial charge in [-0.2, -0.15) is 0 Å². The maximum absolute atomic E-state index is 13.8. The van der Waals surface area contributed by atoms with Crippen LogP contribution in [0.3, 0.4) is 0 Å². The van der Waals surface area contributed by atoms with Crippen molar-refractivity contribution >= 4 is 29.2 Å². The molecule has 4 heterocycles. The van der Waals surface area contributed by atoms with Gasteiger partial charge in [-0.1, -0.05) is 26.0 Å². The van der Waals surface area contributed by atoms with E-state index in [1.165, 1.54) is 4.90 Å². The van der Waals surface area contributed by atoms with Crippen LogP contribution >= 0.6 is 11.3 Å². The zero-order valence-electron chi connectivity index (χ0n) is 18.6. The number of rotatable bonds is 7. The summed E-state index contributed by atoms with van der Waals surface area (Å²) in [6.45, 7) is 5.48. The zero-order chi connectivity index (χ0) is 22.7. The van der Waals surface area contributed by atoms with E-state index in [0.29, 0.717) is 44.6 Å². The molecule has 2 aliphatic rings. The summed E-state index contributed by atoms with van der Waals surface area (Å²) in [5.41, 5.74) is -0.608. The second-order valence-electron chi connectivity index (χ2n) is 8.65. The molecule has 2 atom stereocenters. The van der Waals surface area contributed by atoms with Gasteiger partial charge >= 0.3 is 6.03 Å². The first-order chi connectivity index (χ1) is 15.5. The van der Waals surface area contributed by atoms with Gasteiger partial charge in [0.05, 0.1) is 5.69 Å². The van der Waals surface area contributed by atoms with Crippen LogP contribution in [0, 0.1) is 11.8 Å². The lowest BCUT2D eigenvalue weighted by Crippen LogP contribution is -2.55. The highest BCUT2D eigenvalue weighted by Gasteiger charge is 2.58. The fraction of sp³-hybridized carbons (Fsp3) is 0.500. The first-order valence-electron chi connectivity index (χ1n) is 11.3. The molecule has 2 aromatic rings. The van der Waals surface area contributed by atoms with Gasteiger partial charge < -0.3 is 10.2 Å². The van der Waals surface area contributed by atoms with E-state index in [-0.39, 0.29) is 29.7 Å². The number of carbonyl (C=O) groups excluding carboxylic acids is 3. The van der Waals surface area contributed by atoms with E-state index in [1.807, 2.05) is 48.4 Å². The summed E-state index contributed by atoms with van der Waals surface area (Å²) < 4.78 is 0. The second kappa shape index (κ2) is 9.40. The van der Waals surface area contributed by atoms with Crippen LogP contribution in [0.2, 0.25) is 0 Å². The molecule has 0 unspecified atom stereocenters. The Morgan fingerprint density at radius 2 is 2.03 bits per heavy atom. The van der Waals surface area contributed by atoms with Gasteiger partial charge in [-0.15, -0.1) is 11.3 Å². The van der Waals surface area contributed by atoms with Crippen molar-refractivity contribution in [1.82, 2.24) is 20.1 Å². The maximum atomic E-state index is 13.8. The van der Waals surface area contributed by atoms with E-state index in [4.69, 9.17) is 0 Å². The quantitative estimate of drug-likeness (QED) is 0.650. The van der Waals surface area contributed by atoms with Crippen molar-refractivity contribution in [3.63, 3.8) is 0 Å². The van der Waals surface area contributed by atoms with Crippen LogP contribution < -0.4 is 5.32 Å². The van der Waals surface area contributed by atoms with E-state index < -0.39 is 5.54 Å². The molecule has 7 nitrogen and oxygen atoms in total. The third kappa shape index (κ3) is 4.03. The first kappa shape index (κ1) is 22.5. The predicted molar refractivity (Wildman–Crippen MR) is 123 cm³/mol. The number of imide groups is 1. The standard InChI is InChI=1S/C24H30N4O3S/c1-3-17(2)21(29)27-13-9-18(10-14-27)24(20-8-4-5-12-25-20)22(30)28(23(31)26-24)15-11-19-7-6-16-32-19/h4-8,12,16-18H,3,9-11,13-15H2,1-2H3,(H,26,31)/t17-,24-/m0/s1. The van der Waals surface area contributed by atoms with Crippen LogP contribution in [0.15, 0.2) is 41.9 Å².